The van der Waals surface area contributed by atoms with Crippen molar-refractivity contribution in [3.8, 4) is 11.5 Å². The highest BCUT2D eigenvalue weighted by molar-refractivity contribution is 7.45. The minimum absolute atomic E-state index is 0.124. The molecule has 2 heterocycles. The quantitative estimate of drug-likeness (QED) is 0.0357. The van der Waals surface area contributed by atoms with Crippen molar-refractivity contribution in [3.63, 3.8) is 0 Å². The second-order valence-corrected chi connectivity index (χ2v) is 38.6. The molecule has 2 aliphatic rings. The molecular weight excluding hydrogens is 1280 g/mol. The Balaban J connectivity index is 1.24. The van der Waals surface area contributed by atoms with E-state index >= 15 is 0 Å². The monoisotopic (exact) mass is 1440 g/mol. The van der Waals surface area contributed by atoms with Crippen LogP contribution in [0.3, 0.4) is 0 Å². The lowest BCUT2D eigenvalue weighted by Crippen LogP contribution is -2.38. The molecule has 4 unspecified atom stereocenters. The largest absolute Gasteiger partial charge is 0.466 e. The Hall–Kier alpha value is -2.40. The summed E-state index contributed by atoms with van der Waals surface area (Å²) in [6, 6.07) is 9.01. The highest BCUT2D eigenvalue weighted by Gasteiger charge is 2.46. The lowest BCUT2D eigenvalue weighted by Gasteiger charge is -2.36. The third kappa shape index (κ3) is 35.8. The number of nitrogens with zero attached hydrogens (tertiary/aromatic N) is 2. The van der Waals surface area contributed by atoms with Gasteiger partial charge in [0.15, 0.2) is 0 Å². The molecular formula is C86H154N2O10P2. The van der Waals surface area contributed by atoms with E-state index in [0.29, 0.717) is 78.4 Å². The molecule has 0 radical (unpaired) electrons. The summed E-state index contributed by atoms with van der Waals surface area (Å²) in [6.07, 6.45) is 43.9. The fourth-order valence-electron chi connectivity index (χ4n) is 13.4. The standard InChI is InChI=1S/C86H154N2O10P2/c1-21-23-25-27-29-31-33-35-37-39-41-43-45-47-49-51-57-93-77(89)55-53-69-61-73(81(3,4)5)79(74(62-69)82(6,7)8)97-99-87(85(15,16)17)65-71(95-99)67-91-59-60-92-68-72-66-88(86(18,19)20)100(96-72)98-80-75(83(9,10)11)63-70(64-76(80)84(12,13)14)54-56-78(90)94-58-52-50-48-46-44-42-40-38-36-34-32-30-28-26-24-22-2/h61-64,71-72H,21-60,65-68H2,1-20H3. The van der Waals surface area contributed by atoms with Crippen molar-refractivity contribution in [2.75, 3.05) is 52.7 Å². The van der Waals surface area contributed by atoms with Crippen LogP contribution in [0.15, 0.2) is 24.3 Å². The zero-order valence-corrected chi connectivity index (χ0v) is 70.2. The third-order valence-corrected chi connectivity index (χ3v) is 23.7. The van der Waals surface area contributed by atoms with Gasteiger partial charge in [-0.1, -0.05) is 314 Å². The van der Waals surface area contributed by atoms with Crippen molar-refractivity contribution >= 4 is 29.0 Å². The second kappa shape index (κ2) is 46.6. The van der Waals surface area contributed by atoms with E-state index in [1.54, 1.807) is 0 Å². The van der Waals surface area contributed by atoms with Crippen molar-refractivity contribution in [3.05, 3.63) is 57.6 Å². The smallest absolute Gasteiger partial charge is 0.322 e. The summed E-state index contributed by atoms with van der Waals surface area (Å²) >= 11 is 0. The van der Waals surface area contributed by atoms with Crippen molar-refractivity contribution in [2.45, 2.75) is 415 Å². The van der Waals surface area contributed by atoms with Gasteiger partial charge in [0.05, 0.1) is 39.6 Å². The van der Waals surface area contributed by atoms with E-state index in [2.05, 4.69) is 172 Å². The first kappa shape index (κ1) is 90.0. The summed E-state index contributed by atoms with van der Waals surface area (Å²) in [4.78, 5) is 26.3. The molecule has 0 aliphatic carbocycles. The van der Waals surface area contributed by atoms with Gasteiger partial charge in [0.2, 0.25) is 0 Å². The predicted molar refractivity (Wildman–Crippen MR) is 425 cm³/mol. The number of esters is 2. The molecule has 2 saturated heterocycles. The van der Waals surface area contributed by atoms with Gasteiger partial charge >= 0.3 is 29.0 Å². The zero-order chi connectivity index (χ0) is 73.8. The van der Waals surface area contributed by atoms with E-state index in [-0.39, 0.29) is 56.9 Å². The van der Waals surface area contributed by atoms with Crippen molar-refractivity contribution in [1.82, 2.24) is 9.34 Å². The van der Waals surface area contributed by atoms with Gasteiger partial charge in [-0.15, -0.1) is 0 Å². The van der Waals surface area contributed by atoms with Crippen molar-refractivity contribution in [1.29, 1.82) is 0 Å². The van der Waals surface area contributed by atoms with Gasteiger partial charge in [-0.05, 0) is 100 Å². The molecule has 0 amide bonds. The van der Waals surface area contributed by atoms with E-state index in [1.807, 2.05) is 0 Å². The minimum atomic E-state index is -1.49. The summed E-state index contributed by atoms with van der Waals surface area (Å²) in [7, 11) is -2.98. The number of rotatable bonds is 51. The molecule has 0 N–H and O–H groups in total. The average Bonchev–Trinajstić information content (AvgIpc) is 0.979. The highest BCUT2D eigenvalue weighted by Crippen LogP contribution is 2.58. The number of carbonyl (C=O) groups excluding carboxylic acids is 2. The van der Waals surface area contributed by atoms with E-state index < -0.39 is 17.1 Å². The Kier molecular flexibility index (Phi) is 42.0. The lowest BCUT2D eigenvalue weighted by molar-refractivity contribution is -0.144. The summed E-state index contributed by atoms with van der Waals surface area (Å²) in [5.74, 6) is 1.51. The molecule has 0 spiro atoms. The molecule has 0 aromatic heterocycles. The normalized spacial score (nSPS) is 17.6. The van der Waals surface area contributed by atoms with Crippen LogP contribution < -0.4 is 9.05 Å². The van der Waals surface area contributed by atoms with Gasteiger partial charge in [-0.2, -0.15) is 0 Å². The molecule has 0 saturated carbocycles. The van der Waals surface area contributed by atoms with Crippen LogP contribution in [0.4, 0.5) is 0 Å². The molecule has 2 aliphatic heterocycles. The van der Waals surface area contributed by atoms with Gasteiger partial charge < -0.3 is 37.0 Å². The van der Waals surface area contributed by atoms with Gasteiger partial charge in [0.1, 0.15) is 23.7 Å². The fraction of sp³-hybridized carbons (Fsp3) is 0.837. The number of benzene rings is 2. The Morgan fingerprint density at radius 3 is 0.840 bits per heavy atom. The van der Waals surface area contributed by atoms with Crippen molar-refractivity contribution in [2.24, 2.45) is 0 Å². The first-order chi connectivity index (χ1) is 47.2. The molecule has 4 atom stereocenters. The maximum Gasteiger partial charge on any atom is 0.322 e. The third-order valence-electron chi connectivity index (χ3n) is 19.8. The van der Waals surface area contributed by atoms with Crippen molar-refractivity contribution < 1.29 is 46.6 Å². The number of ether oxygens (including phenoxy) is 4. The van der Waals surface area contributed by atoms with Crippen LogP contribution in [0.1, 0.15) is 390 Å². The van der Waals surface area contributed by atoms with Crippen LogP contribution in [0.5, 0.6) is 11.5 Å². The Bertz CT molecular complexity index is 2310. The molecule has 12 nitrogen and oxygen atoms in total. The maximum atomic E-state index is 13.1. The summed E-state index contributed by atoms with van der Waals surface area (Å²) in [5, 5.41) is 0. The Morgan fingerprint density at radius 1 is 0.370 bits per heavy atom. The second-order valence-electron chi connectivity index (χ2n) is 35.9. The van der Waals surface area contributed by atoms with Crippen LogP contribution in [-0.2, 0) is 72.1 Å². The van der Waals surface area contributed by atoms with E-state index in [4.69, 9.17) is 37.0 Å². The van der Waals surface area contributed by atoms with Gasteiger partial charge in [-0.3, -0.25) is 9.59 Å². The molecule has 2 aromatic rings. The highest BCUT2D eigenvalue weighted by atomic mass is 31.2. The number of unbranched alkanes of at least 4 members (excludes halogenated alkanes) is 30. The van der Waals surface area contributed by atoms with Crippen LogP contribution >= 0.6 is 17.1 Å². The summed E-state index contributed by atoms with van der Waals surface area (Å²) in [5.41, 5.74) is 5.30. The summed E-state index contributed by atoms with van der Waals surface area (Å²) < 4.78 is 57.2. The summed E-state index contributed by atoms with van der Waals surface area (Å²) in [6.45, 7) is 48.8. The van der Waals surface area contributed by atoms with Crippen LogP contribution in [0.2, 0.25) is 0 Å². The Labute approximate surface area is 618 Å². The number of carbonyl (C=O) groups is 2. The van der Waals surface area contributed by atoms with E-state index in [9.17, 15) is 9.59 Å². The zero-order valence-electron chi connectivity index (χ0n) is 68.4. The average molecular weight is 1440 g/mol. The van der Waals surface area contributed by atoms with E-state index in [0.717, 1.165) is 70.6 Å². The molecule has 14 heteroatoms. The van der Waals surface area contributed by atoms with Gasteiger partial charge in [0, 0.05) is 59.3 Å². The van der Waals surface area contributed by atoms with Gasteiger partial charge in [-0.25, -0.2) is 9.34 Å². The topological polar surface area (TPSA) is 114 Å². The molecule has 2 fully saturated rings. The number of hydrogen-bond donors (Lipinski definition) is 0. The number of aryl methyl sites for hydroxylation is 2. The number of hydrogen-bond acceptors (Lipinski definition) is 12. The van der Waals surface area contributed by atoms with E-state index in [1.165, 1.54) is 180 Å². The predicted octanol–water partition coefficient (Wildman–Crippen LogP) is 25.3. The van der Waals surface area contributed by atoms with Crippen LogP contribution in [0.25, 0.3) is 0 Å². The van der Waals surface area contributed by atoms with Crippen LogP contribution in [-0.4, -0.2) is 97.3 Å². The SMILES string of the molecule is CCCCCCCCCCCCCCCCCCOC(=O)CCc1cc(C(C)(C)C)c(OP2OC(COCCOCC3CN(C(C)(C)C)P(Oc4c(C(C)(C)C)cc(CCC(=O)OCCCCCCCCCCCCCCCCCC)cc4C(C)(C)C)O3)CN2C(C)(C)C)c(C(C)(C)C)c1. The molecule has 0 bridgehead atoms. The fourth-order valence-corrected chi connectivity index (χ4v) is 17.0. The maximum absolute atomic E-state index is 13.1. The minimum Gasteiger partial charge on any atom is -0.466 e. The van der Waals surface area contributed by atoms with Crippen LogP contribution in [0, 0.1) is 0 Å². The van der Waals surface area contributed by atoms with Gasteiger partial charge in [0.25, 0.3) is 0 Å². The molecule has 4 rings (SSSR count). The molecule has 2 aromatic carbocycles. The Morgan fingerprint density at radius 2 is 0.610 bits per heavy atom. The molecule has 578 valence electrons. The first-order valence-corrected chi connectivity index (χ1v) is 43.2. The molecule has 100 heavy (non-hydrogen) atoms. The lowest BCUT2D eigenvalue weighted by atomic mass is 9.78. The first-order valence-electron chi connectivity index (χ1n) is 40.9.